The number of sulfone groups is 1. The van der Waals surface area contributed by atoms with Crippen molar-refractivity contribution in [3.8, 4) is 10.7 Å². The molecule has 0 amide bonds. The highest BCUT2D eigenvalue weighted by atomic mass is 32.2. The van der Waals surface area contributed by atoms with Crippen molar-refractivity contribution in [2.75, 3.05) is 18.1 Å². The molecular weight excluding hydrogens is 364 g/mol. The molecule has 0 radical (unpaired) electrons. The van der Waals surface area contributed by atoms with Gasteiger partial charge in [-0.1, -0.05) is 13.0 Å². The molecule has 2 aromatic heterocycles. The molecule has 0 aliphatic carbocycles. The predicted octanol–water partition coefficient (Wildman–Crippen LogP) is 2.63. The standard InChI is InChI=1S/C15H22N4O2S3/c1-3-17(12-7-9-24(20,21)10-12)11-19-15(22)18(4-2)14(16-19)13-6-5-8-23-13/h5-6,8,12H,3-4,7,9-11H2,1-2H3/t12-/m0/s1. The third-order valence-electron chi connectivity index (χ3n) is 4.43. The third-order valence-corrected chi connectivity index (χ3v) is 7.47. The van der Waals surface area contributed by atoms with Crippen LogP contribution in [0.3, 0.4) is 0 Å². The molecule has 0 unspecified atom stereocenters. The molecule has 0 saturated carbocycles. The van der Waals surface area contributed by atoms with Gasteiger partial charge in [0.15, 0.2) is 20.4 Å². The fourth-order valence-corrected chi connectivity index (χ4v) is 5.91. The molecule has 1 saturated heterocycles. The zero-order valence-electron chi connectivity index (χ0n) is 13.9. The average molecular weight is 387 g/mol. The summed E-state index contributed by atoms with van der Waals surface area (Å²) in [6.45, 7) is 6.16. The maximum atomic E-state index is 11.8. The Morgan fingerprint density at radius 3 is 2.79 bits per heavy atom. The number of thiophene rings is 1. The first-order chi connectivity index (χ1) is 11.4. The Kier molecular flexibility index (Phi) is 5.24. The fourth-order valence-electron chi connectivity index (χ4n) is 3.12. The van der Waals surface area contributed by atoms with Crippen molar-refractivity contribution in [3.05, 3.63) is 22.3 Å². The molecule has 0 spiro atoms. The van der Waals surface area contributed by atoms with Crippen LogP contribution in [0.1, 0.15) is 20.3 Å². The van der Waals surface area contributed by atoms with Crippen molar-refractivity contribution in [2.24, 2.45) is 0 Å². The molecule has 3 heterocycles. The molecule has 0 bridgehead atoms. The Morgan fingerprint density at radius 1 is 1.46 bits per heavy atom. The summed E-state index contributed by atoms with van der Waals surface area (Å²) in [5, 5.41) is 6.74. The van der Waals surface area contributed by atoms with E-state index in [2.05, 4.69) is 11.8 Å². The van der Waals surface area contributed by atoms with Crippen molar-refractivity contribution >= 4 is 33.4 Å². The predicted molar refractivity (Wildman–Crippen MR) is 99.5 cm³/mol. The van der Waals surface area contributed by atoms with Crippen LogP contribution < -0.4 is 0 Å². The zero-order chi connectivity index (χ0) is 17.3. The number of nitrogens with zero attached hydrogens (tertiary/aromatic N) is 4. The lowest BCUT2D eigenvalue weighted by molar-refractivity contribution is 0.164. The molecule has 0 aromatic carbocycles. The first kappa shape index (κ1) is 17.8. The summed E-state index contributed by atoms with van der Waals surface area (Å²) in [6.07, 6.45) is 0.690. The third kappa shape index (κ3) is 3.49. The minimum atomic E-state index is -2.90. The van der Waals surface area contributed by atoms with E-state index in [9.17, 15) is 8.42 Å². The molecular formula is C15H22N4O2S3. The van der Waals surface area contributed by atoms with Gasteiger partial charge in [-0.2, -0.15) is 0 Å². The Labute approximate surface area is 151 Å². The van der Waals surface area contributed by atoms with E-state index in [4.69, 9.17) is 17.3 Å². The molecule has 24 heavy (non-hydrogen) atoms. The number of rotatable bonds is 6. The van der Waals surface area contributed by atoms with Gasteiger partial charge in [0.05, 0.1) is 23.1 Å². The lowest BCUT2D eigenvalue weighted by Gasteiger charge is -2.26. The molecule has 1 fully saturated rings. The molecule has 9 heteroatoms. The molecule has 3 rings (SSSR count). The van der Waals surface area contributed by atoms with Crippen molar-refractivity contribution in [2.45, 2.75) is 39.5 Å². The van der Waals surface area contributed by atoms with E-state index in [1.807, 2.05) is 33.7 Å². The number of aromatic nitrogens is 3. The smallest absolute Gasteiger partial charge is 0.199 e. The van der Waals surface area contributed by atoms with Crippen LogP contribution in [0.4, 0.5) is 0 Å². The first-order valence-electron chi connectivity index (χ1n) is 8.11. The van der Waals surface area contributed by atoms with Gasteiger partial charge in [-0.25, -0.2) is 13.1 Å². The van der Waals surface area contributed by atoms with Crippen LogP contribution in [0, 0.1) is 4.77 Å². The number of hydrogen-bond acceptors (Lipinski definition) is 6. The topological polar surface area (TPSA) is 60.1 Å². The monoisotopic (exact) mass is 386 g/mol. The summed E-state index contributed by atoms with van der Waals surface area (Å²) in [4.78, 5) is 3.25. The van der Waals surface area contributed by atoms with E-state index in [0.717, 1.165) is 23.8 Å². The highest BCUT2D eigenvalue weighted by Crippen LogP contribution is 2.24. The van der Waals surface area contributed by atoms with Gasteiger partial charge in [0.2, 0.25) is 0 Å². The van der Waals surface area contributed by atoms with Gasteiger partial charge in [-0.3, -0.25) is 9.47 Å². The van der Waals surface area contributed by atoms with Gasteiger partial charge in [0.25, 0.3) is 0 Å². The molecule has 6 nitrogen and oxygen atoms in total. The summed E-state index contributed by atoms with van der Waals surface area (Å²) < 4.78 is 28.1. The molecule has 132 valence electrons. The van der Waals surface area contributed by atoms with Crippen molar-refractivity contribution in [1.82, 2.24) is 19.2 Å². The summed E-state index contributed by atoms with van der Waals surface area (Å²) >= 11 is 7.24. The van der Waals surface area contributed by atoms with Crippen LogP contribution in [0.2, 0.25) is 0 Å². The van der Waals surface area contributed by atoms with Crippen LogP contribution in [0.15, 0.2) is 17.5 Å². The second-order valence-corrected chi connectivity index (χ2v) is 9.47. The van der Waals surface area contributed by atoms with E-state index in [1.165, 1.54) is 0 Å². The first-order valence-corrected chi connectivity index (χ1v) is 11.2. The van der Waals surface area contributed by atoms with Gasteiger partial charge in [0.1, 0.15) is 0 Å². The van der Waals surface area contributed by atoms with Crippen LogP contribution in [0.5, 0.6) is 0 Å². The van der Waals surface area contributed by atoms with Crippen molar-refractivity contribution in [3.63, 3.8) is 0 Å². The Bertz CT molecular complexity index is 852. The summed E-state index contributed by atoms with van der Waals surface area (Å²) in [5.41, 5.74) is 0. The SMILES string of the molecule is CCN(Cn1nc(-c2cccs2)n(CC)c1=S)[C@H]1CCS(=O)(=O)C1. The summed E-state index contributed by atoms with van der Waals surface area (Å²) in [5.74, 6) is 1.40. The molecule has 0 N–H and O–H groups in total. The lowest BCUT2D eigenvalue weighted by atomic mass is 10.2. The zero-order valence-corrected chi connectivity index (χ0v) is 16.3. The van der Waals surface area contributed by atoms with Gasteiger partial charge < -0.3 is 0 Å². The normalized spacial score (nSPS) is 20.0. The Morgan fingerprint density at radius 2 is 2.25 bits per heavy atom. The highest BCUT2D eigenvalue weighted by molar-refractivity contribution is 7.91. The number of hydrogen-bond donors (Lipinski definition) is 0. The lowest BCUT2D eigenvalue weighted by Crippen LogP contribution is -2.37. The van der Waals surface area contributed by atoms with E-state index in [0.29, 0.717) is 17.9 Å². The quantitative estimate of drug-likeness (QED) is 0.714. The second-order valence-electron chi connectivity index (χ2n) is 5.93. The summed E-state index contributed by atoms with van der Waals surface area (Å²) in [6, 6.07) is 4.10. The summed E-state index contributed by atoms with van der Waals surface area (Å²) in [7, 11) is -2.90. The van der Waals surface area contributed by atoms with Crippen LogP contribution in [-0.4, -0.2) is 51.8 Å². The molecule has 1 atom stereocenters. The van der Waals surface area contributed by atoms with E-state index in [1.54, 1.807) is 11.3 Å². The highest BCUT2D eigenvalue weighted by Gasteiger charge is 2.32. The Hall–Kier alpha value is -1.03. The molecule has 1 aliphatic rings. The van der Waals surface area contributed by atoms with Crippen LogP contribution in [-0.2, 0) is 23.1 Å². The fraction of sp³-hybridized carbons (Fsp3) is 0.600. The van der Waals surface area contributed by atoms with Gasteiger partial charge in [-0.15, -0.1) is 16.4 Å². The molecule has 2 aromatic rings. The largest absolute Gasteiger partial charge is 0.300 e. The second kappa shape index (κ2) is 7.07. The maximum Gasteiger partial charge on any atom is 0.199 e. The minimum Gasteiger partial charge on any atom is -0.300 e. The molecule has 1 aliphatic heterocycles. The Balaban J connectivity index is 1.88. The average Bonchev–Trinajstić information content (AvgIpc) is 3.24. The van der Waals surface area contributed by atoms with E-state index in [-0.39, 0.29) is 17.5 Å². The van der Waals surface area contributed by atoms with E-state index < -0.39 is 9.84 Å². The van der Waals surface area contributed by atoms with Gasteiger partial charge in [0, 0.05) is 12.6 Å². The van der Waals surface area contributed by atoms with Crippen molar-refractivity contribution < 1.29 is 8.42 Å². The van der Waals surface area contributed by atoms with E-state index >= 15 is 0 Å². The maximum absolute atomic E-state index is 11.8. The van der Waals surface area contributed by atoms with Crippen molar-refractivity contribution in [1.29, 1.82) is 0 Å². The van der Waals surface area contributed by atoms with Crippen LogP contribution in [0.25, 0.3) is 10.7 Å². The minimum absolute atomic E-state index is 0.0545. The van der Waals surface area contributed by atoms with Gasteiger partial charge in [-0.05, 0) is 43.6 Å². The van der Waals surface area contributed by atoms with Crippen LogP contribution >= 0.6 is 23.6 Å². The van der Waals surface area contributed by atoms with Gasteiger partial charge >= 0.3 is 0 Å².